The van der Waals surface area contributed by atoms with E-state index in [0.29, 0.717) is 17.8 Å². The Kier molecular flexibility index (Phi) is 17.7. The normalized spacial score (nSPS) is 12.4. The van der Waals surface area contributed by atoms with Crippen LogP contribution in [0.2, 0.25) is 0 Å². The van der Waals surface area contributed by atoms with Crippen LogP contribution in [0, 0.1) is 0 Å². The number of hydrogen-bond donors (Lipinski definition) is 0. The monoisotopic (exact) mass is 2040 g/mol. The zero-order valence-electron chi connectivity index (χ0n) is 79.0. The summed E-state index contributed by atoms with van der Waals surface area (Å²) in [6, 6.07) is 150. The minimum Gasteiger partial charge on any atom is -0.456 e. The Morgan fingerprint density at radius 1 is 0.173 bits per heavy atom. The van der Waals surface area contributed by atoms with E-state index in [4.69, 9.17) is 38.7 Å². The molecule has 0 aliphatic carbocycles. The molecular weight excluding hydrogens is 1970 g/mol. The van der Waals surface area contributed by atoms with Crippen molar-refractivity contribution in [3.8, 4) is 51.6 Å². The van der Waals surface area contributed by atoms with Crippen LogP contribution >= 0.6 is 79.4 Å². The van der Waals surface area contributed by atoms with Gasteiger partial charge in [0.15, 0.2) is 0 Å². The first-order valence-corrected chi connectivity index (χ1v) is 55.7. The number of furan rings is 2. The molecule has 0 fully saturated rings. The summed E-state index contributed by atoms with van der Waals surface area (Å²) in [4.78, 5) is 33.3. The summed E-state index contributed by atoms with van der Waals surface area (Å²) < 4.78 is 37.0. The summed E-state index contributed by atoms with van der Waals surface area (Å²) in [5.41, 5.74) is 19.1. The van der Waals surface area contributed by atoms with Crippen LogP contribution in [0.5, 0.6) is 0 Å². The van der Waals surface area contributed by atoms with Crippen molar-refractivity contribution in [1.29, 1.82) is 0 Å². The Morgan fingerprint density at radius 2 is 0.453 bits per heavy atom. The van der Waals surface area contributed by atoms with Crippen LogP contribution in [0.3, 0.4) is 0 Å². The smallest absolute Gasteiger partial charge is 0.235 e. The van der Waals surface area contributed by atoms with Gasteiger partial charge in [-0.3, -0.25) is 13.7 Å². The van der Waals surface area contributed by atoms with E-state index in [0.717, 1.165) is 147 Å². The molecule has 18 heteroatoms. The number of benzene rings is 21. The first kappa shape index (κ1) is 83.4. The quantitative estimate of drug-likeness (QED) is 0.162. The molecular formula is C132H69N9O2S7. The fourth-order valence-electron chi connectivity index (χ4n) is 24.3. The van der Waals surface area contributed by atoms with Gasteiger partial charge in [-0.2, -0.15) is 0 Å². The zero-order chi connectivity index (χ0) is 97.5. The number of aromatic nitrogens is 9. The Labute approximate surface area is 877 Å². The van der Waals surface area contributed by atoms with Crippen molar-refractivity contribution in [2.45, 2.75) is 0 Å². The zero-order valence-corrected chi connectivity index (χ0v) is 84.8. The van der Waals surface area contributed by atoms with E-state index >= 15 is 0 Å². The number of fused-ring (bicyclic) bond motifs is 48. The van der Waals surface area contributed by atoms with Gasteiger partial charge in [-0.1, -0.05) is 322 Å². The topological polar surface area (TPSA) is 118 Å². The maximum Gasteiger partial charge on any atom is 0.235 e. The van der Waals surface area contributed by atoms with Crippen LogP contribution in [0.25, 0.3) is 335 Å². The van der Waals surface area contributed by atoms with Crippen LogP contribution < -0.4 is 0 Å². The predicted octanol–water partition coefficient (Wildman–Crippen LogP) is 39.6. The number of hydrogen-bond acceptors (Lipinski definition) is 15. The van der Waals surface area contributed by atoms with Gasteiger partial charge in [0, 0.05) is 198 Å². The van der Waals surface area contributed by atoms with Crippen molar-refractivity contribution < 1.29 is 8.83 Å². The molecule has 150 heavy (non-hydrogen) atoms. The highest BCUT2D eigenvalue weighted by Gasteiger charge is 2.33. The highest BCUT2D eigenvalue weighted by Crippen LogP contribution is 2.56. The molecule has 21 aromatic carbocycles. The fraction of sp³-hybridized carbons (Fsp3) is 0. The molecule has 0 aliphatic rings. The van der Waals surface area contributed by atoms with E-state index in [1.807, 2.05) is 69.6 Å². The van der Waals surface area contributed by atoms with Crippen LogP contribution in [0.4, 0.5) is 0 Å². The fourth-order valence-corrected chi connectivity index (χ4v) is 32.7. The highest BCUT2D eigenvalue weighted by molar-refractivity contribution is 7.29. The predicted molar refractivity (Wildman–Crippen MR) is 643 cm³/mol. The Morgan fingerprint density at radius 3 is 0.887 bits per heavy atom. The van der Waals surface area contributed by atoms with Crippen molar-refractivity contribution >= 4 is 363 Å². The van der Waals surface area contributed by atoms with Gasteiger partial charge in [-0.25, -0.2) is 29.9 Å². The standard InChI is InChI=1S/2C44H23N3OS2.C44H23N3S3/c1-2-14-27-25(13-1)36-28-15-3-7-20-32(28)47(40(36)37-29-16-5-9-22-34(29)49-42(27)37)44-45-38-30-17-6-10-23-35(30)50-43(38)39(46-44)31-19-11-18-26-24-12-4-8-21-33(24)48-41(26)31;1-2-13-27-26(12-1)37-28-14-3-7-17-32(28)47(41(37)38-29-15-5-9-19-35(29)49-42(27)38)44-45-39(43-40(46-44)30-16-6-10-20-36(30)50-43)24-21-22-34-31(23-24)25-11-4-8-18-33(25)48-34;1-2-14-27-25(13-1)36-28-15-3-7-20-32(28)47(40(36)37-29-16-5-9-22-34(29)49-42(27)37)44-45-38-30-17-6-10-23-35(30)50-43(38)39(46-44)31-19-11-18-26-24-12-4-8-21-33(24)48-41(26)31/h3*1-23H. The van der Waals surface area contributed by atoms with E-state index in [-0.39, 0.29) is 0 Å². The highest BCUT2D eigenvalue weighted by atomic mass is 32.1. The lowest BCUT2D eigenvalue weighted by molar-refractivity contribution is 0.669. The number of thiophene rings is 7. The van der Waals surface area contributed by atoms with E-state index < -0.39 is 0 Å². The Balaban J connectivity index is 0.0000000957. The third kappa shape index (κ3) is 11.8. The lowest BCUT2D eigenvalue weighted by atomic mass is 10.00. The molecule has 0 bridgehead atoms. The lowest BCUT2D eigenvalue weighted by Gasteiger charge is -2.12. The van der Waals surface area contributed by atoms with Crippen molar-refractivity contribution in [3.05, 3.63) is 419 Å². The Hall–Kier alpha value is -17.8. The molecule has 15 heterocycles. The minimum atomic E-state index is 0.655. The van der Waals surface area contributed by atoms with Gasteiger partial charge in [0.1, 0.15) is 22.3 Å². The van der Waals surface area contributed by atoms with Gasteiger partial charge in [0.05, 0.1) is 80.8 Å². The summed E-state index contributed by atoms with van der Waals surface area (Å²) in [5.74, 6) is 2.03. The molecule has 36 rings (SSSR count). The first-order valence-electron chi connectivity index (χ1n) is 50.0. The number of nitrogens with zero attached hydrogens (tertiary/aromatic N) is 9. The van der Waals surface area contributed by atoms with Gasteiger partial charge in [0.25, 0.3) is 0 Å². The van der Waals surface area contributed by atoms with Crippen LogP contribution in [0.1, 0.15) is 0 Å². The maximum absolute atomic E-state index is 6.61. The van der Waals surface area contributed by atoms with E-state index in [1.165, 1.54) is 170 Å². The van der Waals surface area contributed by atoms with Gasteiger partial charge < -0.3 is 8.83 Å². The largest absolute Gasteiger partial charge is 0.456 e. The van der Waals surface area contributed by atoms with E-state index in [1.54, 1.807) is 34.0 Å². The van der Waals surface area contributed by atoms with Gasteiger partial charge >= 0.3 is 0 Å². The minimum absolute atomic E-state index is 0.655. The Bertz CT molecular complexity index is 11900. The summed E-state index contributed by atoms with van der Waals surface area (Å²) in [5, 5.41) is 32.8. The molecule has 0 atom stereocenters. The van der Waals surface area contributed by atoms with Gasteiger partial charge in [-0.05, 0) is 113 Å². The van der Waals surface area contributed by atoms with Crippen LogP contribution in [-0.2, 0) is 0 Å². The molecule has 0 unspecified atom stereocenters. The molecule has 0 amide bonds. The van der Waals surface area contributed by atoms with E-state index in [9.17, 15) is 0 Å². The molecule has 11 nitrogen and oxygen atoms in total. The summed E-state index contributed by atoms with van der Waals surface area (Å²) in [7, 11) is 0. The third-order valence-electron chi connectivity index (χ3n) is 30.6. The van der Waals surface area contributed by atoms with Gasteiger partial charge in [-0.15, -0.1) is 79.4 Å². The average molecular weight is 2040 g/mol. The molecule has 0 radical (unpaired) electrons. The van der Waals surface area contributed by atoms with Crippen LogP contribution in [0.15, 0.2) is 427 Å². The van der Waals surface area contributed by atoms with E-state index in [2.05, 4.69) is 408 Å². The molecule has 36 aromatic rings. The second-order valence-corrected chi connectivity index (χ2v) is 46.0. The first-order chi connectivity index (χ1) is 74.4. The summed E-state index contributed by atoms with van der Waals surface area (Å²) >= 11 is 12.8. The van der Waals surface area contributed by atoms with Crippen molar-refractivity contribution in [1.82, 2.24) is 43.6 Å². The van der Waals surface area contributed by atoms with Crippen molar-refractivity contribution in [3.63, 3.8) is 0 Å². The second kappa shape index (κ2) is 31.9. The second-order valence-electron chi connectivity index (χ2n) is 38.6. The molecule has 696 valence electrons. The molecule has 15 aromatic heterocycles. The lowest BCUT2D eigenvalue weighted by Crippen LogP contribution is -2.03. The summed E-state index contributed by atoms with van der Waals surface area (Å²) in [6.45, 7) is 0. The van der Waals surface area contributed by atoms with Crippen LogP contribution in [-0.4, -0.2) is 43.6 Å². The number of para-hydroxylation sites is 6. The maximum atomic E-state index is 6.61. The molecule has 0 saturated heterocycles. The summed E-state index contributed by atoms with van der Waals surface area (Å²) in [6.07, 6.45) is 0. The molecule has 0 aliphatic heterocycles. The molecule has 0 N–H and O–H groups in total. The average Bonchev–Trinajstić information content (AvgIpc) is 1.54. The van der Waals surface area contributed by atoms with Crippen molar-refractivity contribution in [2.75, 3.05) is 0 Å². The number of rotatable bonds is 6. The molecule has 0 saturated carbocycles. The molecule has 0 spiro atoms. The third-order valence-corrected chi connectivity index (χ3v) is 39.0. The van der Waals surface area contributed by atoms with Crippen molar-refractivity contribution in [2.24, 2.45) is 0 Å². The SMILES string of the molecule is c1ccc2c(c1)oc1c(-c3nc(-n4c5ccccc5c5c6ccccc6c6sc7ccccc7c6c54)nc4c3sc3ccccc34)cccc12.c1ccc2c(c1)oc1ccc(-c3nc(-n4c5ccccc5c5c6ccccc6c6sc7ccccc7c6c54)nc4c3sc3ccccc34)cc12.c1ccc2c(c1)sc1c(-c3nc(-n4c5ccccc5c5c6ccccc6c6sc7ccccc7c6c54)nc4c3sc3ccccc34)cccc12. The van der Waals surface area contributed by atoms with Gasteiger partial charge in [0.2, 0.25) is 17.8 Å².